The molecule has 0 saturated heterocycles. The lowest BCUT2D eigenvalue weighted by molar-refractivity contribution is -0.138. The molecule has 0 atom stereocenters. The Kier molecular flexibility index (Phi) is 6.67. The fourth-order valence-electron chi connectivity index (χ4n) is 3.39. The number of benzene rings is 3. The largest absolute Gasteiger partial charge is 0.489 e. The summed E-state index contributed by atoms with van der Waals surface area (Å²) in [5.74, 6) is -0.469. The summed E-state index contributed by atoms with van der Waals surface area (Å²) < 4.78 is 58.4. The first-order valence-corrected chi connectivity index (χ1v) is 10.3. The molecule has 1 heterocycles. The summed E-state index contributed by atoms with van der Waals surface area (Å²) in [6.45, 7) is 0.00693. The summed E-state index contributed by atoms with van der Waals surface area (Å²) >= 11 is 0. The van der Waals surface area contributed by atoms with Gasteiger partial charge in [0.25, 0.3) is 0 Å². The number of amides is 2. The van der Waals surface area contributed by atoms with Gasteiger partial charge in [0.1, 0.15) is 18.2 Å². The van der Waals surface area contributed by atoms with E-state index < -0.39 is 30.2 Å². The minimum atomic E-state index is -4.71. The van der Waals surface area contributed by atoms with Crippen LogP contribution in [-0.2, 0) is 19.2 Å². The fourth-order valence-corrected chi connectivity index (χ4v) is 3.39. The van der Waals surface area contributed by atoms with Gasteiger partial charge in [0, 0.05) is 17.5 Å². The van der Waals surface area contributed by atoms with Crippen molar-refractivity contribution in [2.24, 2.45) is 0 Å². The molecule has 0 spiro atoms. The second-order valence-corrected chi connectivity index (χ2v) is 7.48. The summed E-state index contributed by atoms with van der Waals surface area (Å²) in [5.41, 5.74) is 0.401. The number of halogens is 4. The number of H-pyrrole nitrogens is 1. The van der Waals surface area contributed by atoms with E-state index in [4.69, 9.17) is 4.74 Å². The van der Waals surface area contributed by atoms with Gasteiger partial charge < -0.3 is 10.1 Å². The Morgan fingerprint density at radius 1 is 1.03 bits per heavy atom. The molecule has 0 saturated carbocycles. The number of aromatic amines is 1. The Bertz CT molecular complexity index is 1290. The van der Waals surface area contributed by atoms with Gasteiger partial charge in [0.2, 0.25) is 0 Å². The third-order valence-electron chi connectivity index (χ3n) is 5.08. The highest BCUT2D eigenvalue weighted by atomic mass is 19.4. The van der Waals surface area contributed by atoms with Crippen molar-refractivity contribution in [3.05, 3.63) is 89.2 Å². The van der Waals surface area contributed by atoms with Crippen LogP contribution in [0.15, 0.2) is 66.7 Å². The van der Waals surface area contributed by atoms with Crippen LogP contribution in [0, 0.1) is 5.82 Å². The fraction of sp³-hybridized carbons (Fsp3) is 0.167. The van der Waals surface area contributed by atoms with Gasteiger partial charge in [-0.3, -0.25) is 10.4 Å². The average Bonchev–Trinajstić information content (AvgIpc) is 3.20. The first-order chi connectivity index (χ1) is 16.3. The van der Waals surface area contributed by atoms with E-state index in [-0.39, 0.29) is 17.1 Å². The zero-order valence-electron chi connectivity index (χ0n) is 17.7. The van der Waals surface area contributed by atoms with Crippen molar-refractivity contribution in [1.82, 2.24) is 15.5 Å². The lowest BCUT2D eigenvalue weighted by Crippen LogP contribution is -2.30. The highest BCUT2D eigenvalue weighted by molar-refractivity contribution is 5.99. The molecule has 0 aliphatic heterocycles. The number of nitrogens with one attached hydrogen (secondary N) is 3. The molecule has 4 rings (SSSR count). The lowest BCUT2D eigenvalue weighted by Gasteiger charge is -2.14. The number of nitrogens with zero attached hydrogens (tertiary/aromatic N) is 1. The van der Waals surface area contributed by atoms with Crippen LogP contribution >= 0.6 is 0 Å². The van der Waals surface area contributed by atoms with Crippen LogP contribution in [0.2, 0.25) is 0 Å². The van der Waals surface area contributed by atoms with Crippen molar-refractivity contribution in [3.63, 3.8) is 0 Å². The van der Waals surface area contributed by atoms with Crippen LogP contribution in [0.25, 0.3) is 10.9 Å². The molecule has 176 valence electrons. The Morgan fingerprint density at radius 3 is 2.59 bits per heavy atom. The van der Waals surface area contributed by atoms with E-state index >= 15 is 0 Å². The van der Waals surface area contributed by atoms with E-state index in [0.29, 0.717) is 29.9 Å². The highest BCUT2D eigenvalue weighted by Gasteiger charge is 2.33. The van der Waals surface area contributed by atoms with Gasteiger partial charge in [-0.2, -0.15) is 18.3 Å². The van der Waals surface area contributed by atoms with E-state index in [1.165, 1.54) is 0 Å². The number of carbonyl (C=O) groups excluding carboxylic acids is 1. The van der Waals surface area contributed by atoms with Crippen molar-refractivity contribution in [1.29, 1.82) is 0 Å². The number of anilines is 1. The number of rotatable bonds is 7. The van der Waals surface area contributed by atoms with E-state index in [1.807, 2.05) is 30.3 Å². The predicted octanol–water partition coefficient (Wildman–Crippen LogP) is 5.66. The number of fused-ring (bicyclic) bond motifs is 1. The van der Waals surface area contributed by atoms with E-state index in [9.17, 15) is 22.4 Å². The van der Waals surface area contributed by atoms with Gasteiger partial charge in [-0.25, -0.2) is 9.18 Å². The number of urea groups is 1. The maximum absolute atomic E-state index is 13.3. The molecular weight excluding hydrogens is 452 g/mol. The Morgan fingerprint density at radius 2 is 1.82 bits per heavy atom. The summed E-state index contributed by atoms with van der Waals surface area (Å²) in [4.78, 5) is 12.3. The molecule has 0 fully saturated rings. The van der Waals surface area contributed by atoms with Gasteiger partial charge in [0.15, 0.2) is 5.82 Å². The second-order valence-electron chi connectivity index (χ2n) is 7.48. The van der Waals surface area contributed by atoms with Crippen LogP contribution in [-0.4, -0.2) is 22.8 Å². The van der Waals surface area contributed by atoms with Gasteiger partial charge in [-0.05, 0) is 42.3 Å². The molecule has 3 N–H and O–H groups in total. The Labute approximate surface area is 191 Å². The molecule has 0 aliphatic rings. The first kappa shape index (κ1) is 23.1. The van der Waals surface area contributed by atoms with Gasteiger partial charge >= 0.3 is 12.2 Å². The first-order valence-electron chi connectivity index (χ1n) is 10.3. The van der Waals surface area contributed by atoms with Gasteiger partial charge in [-0.15, -0.1) is 0 Å². The van der Waals surface area contributed by atoms with Crippen molar-refractivity contribution in [2.45, 2.75) is 19.2 Å². The van der Waals surface area contributed by atoms with Crippen LogP contribution in [0.1, 0.15) is 16.7 Å². The summed E-state index contributed by atoms with van der Waals surface area (Å²) in [6.07, 6.45) is -4.04. The molecule has 0 aliphatic carbocycles. The third kappa shape index (κ3) is 5.64. The van der Waals surface area contributed by atoms with E-state index in [2.05, 4.69) is 20.8 Å². The van der Waals surface area contributed by atoms with Crippen LogP contribution < -0.4 is 15.4 Å². The van der Waals surface area contributed by atoms with Gasteiger partial charge in [-0.1, -0.05) is 36.4 Å². The number of carbonyl (C=O) groups is 1. The average molecular weight is 472 g/mol. The zero-order valence-corrected chi connectivity index (χ0v) is 17.7. The van der Waals surface area contributed by atoms with Crippen molar-refractivity contribution < 1.29 is 27.1 Å². The number of alkyl halides is 3. The number of hydrogen-bond acceptors (Lipinski definition) is 3. The summed E-state index contributed by atoms with van der Waals surface area (Å²) in [7, 11) is 0. The van der Waals surface area contributed by atoms with Gasteiger partial charge in [0.05, 0.1) is 11.1 Å². The molecule has 0 radical (unpaired) electrons. The number of hydrogen-bond donors (Lipinski definition) is 3. The lowest BCUT2D eigenvalue weighted by atomic mass is 10.1. The molecule has 1 aromatic heterocycles. The van der Waals surface area contributed by atoms with E-state index in [1.54, 1.807) is 18.2 Å². The van der Waals surface area contributed by atoms with Crippen LogP contribution in [0.4, 0.5) is 28.2 Å². The maximum Gasteiger partial charge on any atom is 0.416 e. The normalized spacial score (nSPS) is 11.4. The van der Waals surface area contributed by atoms with Crippen molar-refractivity contribution in [3.8, 4) is 5.75 Å². The molecule has 4 aromatic rings. The number of ether oxygens (including phenoxy) is 1. The highest BCUT2D eigenvalue weighted by Crippen LogP contribution is 2.33. The Hall–Kier alpha value is -4.08. The minimum Gasteiger partial charge on any atom is -0.489 e. The molecule has 34 heavy (non-hydrogen) atoms. The van der Waals surface area contributed by atoms with Crippen LogP contribution in [0.3, 0.4) is 0 Å². The predicted molar refractivity (Wildman–Crippen MR) is 119 cm³/mol. The van der Waals surface area contributed by atoms with Crippen molar-refractivity contribution >= 4 is 22.8 Å². The SMILES string of the molecule is O=C(NCCc1ccccc1)Nc1n[nH]c2ccc(OCc3ccc(F)cc3C(F)(F)F)cc12. The standard InChI is InChI=1S/C24H20F4N4O2/c25-17-7-6-16(20(12-17)24(26,27)28)14-34-18-8-9-21-19(13-18)22(32-31-21)30-23(33)29-11-10-15-4-2-1-3-5-15/h1-9,12-13H,10-11,14H2,(H3,29,30,31,32,33). The zero-order chi connectivity index (χ0) is 24.1. The maximum atomic E-state index is 13.3. The summed E-state index contributed by atoms with van der Waals surface area (Å²) in [6, 6.07) is 16.4. The second kappa shape index (κ2) is 9.82. The third-order valence-corrected chi connectivity index (χ3v) is 5.08. The molecule has 3 aromatic carbocycles. The quantitative estimate of drug-likeness (QED) is 0.304. The molecule has 0 bridgehead atoms. The topological polar surface area (TPSA) is 79.0 Å². The molecule has 10 heteroatoms. The molecule has 6 nitrogen and oxygen atoms in total. The van der Waals surface area contributed by atoms with Crippen LogP contribution in [0.5, 0.6) is 5.75 Å². The number of aromatic nitrogens is 2. The summed E-state index contributed by atoms with van der Waals surface area (Å²) in [5, 5.41) is 12.8. The van der Waals surface area contributed by atoms with Crippen molar-refractivity contribution in [2.75, 3.05) is 11.9 Å². The van der Waals surface area contributed by atoms with E-state index in [0.717, 1.165) is 17.7 Å². The monoisotopic (exact) mass is 472 g/mol. The Balaban J connectivity index is 1.41. The molecule has 2 amide bonds. The molecular formula is C24H20F4N4O2. The minimum absolute atomic E-state index is 0.197. The smallest absolute Gasteiger partial charge is 0.416 e. The molecule has 0 unspecified atom stereocenters.